The molecule has 0 aliphatic heterocycles. The minimum absolute atomic E-state index is 0.0469. The molecule has 23 heavy (non-hydrogen) atoms. The van der Waals surface area contributed by atoms with Crippen LogP contribution in [-0.4, -0.2) is 28.0 Å². The highest BCUT2D eigenvalue weighted by molar-refractivity contribution is 7.21. The van der Waals surface area contributed by atoms with Crippen molar-refractivity contribution < 1.29 is 14.5 Å². The van der Waals surface area contributed by atoms with Gasteiger partial charge in [-0.05, 0) is 23.5 Å². The van der Waals surface area contributed by atoms with Crippen molar-refractivity contribution in [2.75, 3.05) is 7.11 Å². The number of carbonyl (C=O) groups is 1. The normalized spacial score (nSPS) is 10.7. The van der Waals surface area contributed by atoms with Gasteiger partial charge in [-0.15, -0.1) is 0 Å². The molecule has 0 aliphatic carbocycles. The second-order valence-corrected chi connectivity index (χ2v) is 5.83. The highest BCUT2D eigenvalue weighted by atomic mass is 35.5. The molecule has 7 nitrogen and oxygen atoms in total. The lowest BCUT2D eigenvalue weighted by Crippen LogP contribution is -2.00. The molecule has 0 saturated heterocycles. The number of esters is 1. The van der Waals surface area contributed by atoms with Crippen molar-refractivity contribution in [3.63, 3.8) is 0 Å². The van der Waals surface area contributed by atoms with Crippen LogP contribution in [-0.2, 0) is 4.74 Å². The van der Waals surface area contributed by atoms with Gasteiger partial charge in [0.2, 0.25) is 0 Å². The van der Waals surface area contributed by atoms with Gasteiger partial charge >= 0.3 is 11.0 Å². The molecule has 0 N–H and O–H groups in total. The highest BCUT2D eigenvalue weighted by Crippen LogP contribution is 2.34. The van der Waals surface area contributed by atoms with Gasteiger partial charge in [-0.2, -0.15) is 0 Å². The average molecular weight is 350 g/mol. The largest absolute Gasteiger partial charge is 0.465 e. The summed E-state index contributed by atoms with van der Waals surface area (Å²) in [4.78, 5) is 30.7. The first-order valence-electron chi connectivity index (χ1n) is 6.30. The monoisotopic (exact) mass is 349 g/mol. The van der Waals surface area contributed by atoms with E-state index in [4.69, 9.17) is 11.6 Å². The predicted molar refractivity (Wildman–Crippen MR) is 85.9 cm³/mol. The zero-order valence-electron chi connectivity index (χ0n) is 11.6. The summed E-state index contributed by atoms with van der Waals surface area (Å²) < 4.78 is 4.63. The first kappa shape index (κ1) is 15.3. The Labute approximate surface area is 138 Å². The number of hydrogen-bond acceptors (Lipinski definition) is 7. The lowest BCUT2D eigenvalue weighted by molar-refractivity contribution is -0.380. The van der Waals surface area contributed by atoms with Gasteiger partial charge in [0.05, 0.1) is 23.0 Å². The van der Waals surface area contributed by atoms with Gasteiger partial charge in [-0.25, -0.2) is 14.8 Å². The van der Waals surface area contributed by atoms with E-state index in [1.807, 2.05) is 0 Å². The molecule has 0 radical (unpaired) electrons. The number of nitrogens with zero attached hydrogens (tertiary/aromatic N) is 3. The Morgan fingerprint density at radius 3 is 2.61 bits per heavy atom. The van der Waals surface area contributed by atoms with Crippen LogP contribution in [0.25, 0.3) is 21.6 Å². The third kappa shape index (κ3) is 2.86. The lowest BCUT2D eigenvalue weighted by Gasteiger charge is -2.03. The number of nitro groups is 1. The molecular formula is C14H8ClN3O4S. The maximum Gasteiger partial charge on any atom is 0.337 e. The van der Waals surface area contributed by atoms with Gasteiger partial charge in [-0.1, -0.05) is 23.7 Å². The Morgan fingerprint density at radius 2 is 2.00 bits per heavy atom. The summed E-state index contributed by atoms with van der Waals surface area (Å²) in [5, 5.41) is 11.4. The fraction of sp³-hybridized carbons (Fsp3) is 0.0714. The van der Waals surface area contributed by atoms with Crippen LogP contribution in [0.1, 0.15) is 10.4 Å². The topological polar surface area (TPSA) is 95.2 Å². The number of carbonyl (C=O) groups excluding carboxylic acids is 1. The van der Waals surface area contributed by atoms with E-state index in [-0.39, 0.29) is 10.2 Å². The molecule has 0 amide bonds. The van der Waals surface area contributed by atoms with E-state index in [0.29, 0.717) is 27.2 Å². The zero-order valence-corrected chi connectivity index (χ0v) is 13.2. The molecule has 0 unspecified atom stereocenters. The minimum atomic E-state index is -0.493. The smallest absolute Gasteiger partial charge is 0.337 e. The number of ether oxygens (including phenoxy) is 1. The van der Waals surface area contributed by atoms with E-state index in [0.717, 1.165) is 11.3 Å². The molecule has 0 atom stereocenters. The molecule has 0 fully saturated rings. The number of methoxy groups -OCH3 is 1. The zero-order chi connectivity index (χ0) is 16.6. The van der Waals surface area contributed by atoms with Crippen LogP contribution in [0.2, 0.25) is 5.15 Å². The number of halogens is 1. The predicted octanol–water partition coefficient (Wildman–Crippen LogP) is 3.71. The molecule has 1 aromatic carbocycles. The van der Waals surface area contributed by atoms with Crippen molar-refractivity contribution in [3.05, 3.63) is 51.2 Å². The maximum atomic E-state index is 11.4. The summed E-state index contributed by atoms with van der Waals surface area (Å²) in [6, 6.07) is 7.84. The van der Waals surface area contributed by atoms with E-state index in [2.05, 4.69) is 14.7 Å². The van der Waals surface area contributed by atoms with Crippen LogP contribution in [0.3, 0.4) is 0 Å². The number of aromatic nitrogens is 2. The van der Waals surface area contributed by atoms with Crippen molar-refractivity contribution in [1.82, 2.24) is 9.97 Å². The second-order valence-electron chi connectivity index (χ2n) is 4.47. The third-order valence-corrected chi connectivity index (χ3v) is 4.35. The van der Waals surface area contributed by atoms with E-state index in [1.165, 1.54) is 13.2 Å². The number of benzene rings is 1. The highest BCUT2D eigenvalue weighted by Gasteiger charge is 2.17. The first-order valence-corrected chi connectivity index (χ1v) is 7.49. The van der Waals surface area contributed by atoms with Crippen LogP contribution in [0.5, 0.6) is 0 Å². The summed E-state index contributed by atoms with van der Waals surface area (Å²) in [6.45, 7) is 0. The summed E-state index contributed by atoms with van der Waals surface area (Å²) in [5.41, 5.74) is 1.03. The van der Waals surface area contributed by atoms with Gasteiger partial charge in [0.25, 0.3) is 0 Å². The van der Waals surface area contributed by atoms with Crippen molar-refractivity contribution in [2.45, 2.75) is 0 Å². The third-order valence-electron chi connectivity index (χ3n) is 3.08. The SMILES string of the molecule is COC(=O)c1ccc(-c2nc(Cl)c3cc([N+](=O)[O-])sc3n2)cc1. The fourth-order valence-corrected chi connectivity index (χ4v) is 3.09. The second kappa shape index (κ2) is 5.90. The van der Waals surface area contributed by atoms with E-state index < -0.39 is 10.9 Å². The molecule has 0 bridgehead atoms. The van der Waals surface area contributed by atoms with Gasteiger partial charge in [0.15, 0.2) is 5.82 Å². The fourth-order valence-electron chi connectivity index (χ4n) is 1.97. The minimum Gasteiger partial charge on any atom is -0.465 e. The van der Waals surface area contributed by atoms with Crippen molar-refractivity contribution in [2.24, 2.45) is 0 Å². The van der Waals surface area contributed by atoms with Gasteiger partial charge in [0, 0.05) is 11.6 Å². The molecule has 0 aliphatic rings. The Balaban J connectivity index is 2.06. The summed E-state index contributed by atoms with van der Waals surface area (Å²) in [5.74, 6) is -0.115. The van der Waals surface area contributed by atoms with E-state index >= 15 is 0 Å². The average Bonchev–Trinajstić information content (AvgIpc) is 2.99. The molecule has 3 rings (SSSR count). The van der Waals surface area contributed by atoms with Crippen LogP contribution in [0.4, 0.5) is 5.00 Å². The molecule has 0 saturated carbocycles. The summed E-state index contributed by atoms with van der Waals surface area (Å²) in [6.07, 6.45) is 0. The molecule has 116 valence electrons. The number of rotatable bonds is 3. The molecule has 0 spiro atoms. The molecule has 2 aromatic heterocycles. The van der Waals surface area contributed by atoms with Crippen LogP contribution < -0.4 is 0 Å². The Bertz CT molecular complexity index is 924. The van der Waals surface area contributed by atoms with Gasteiger partial charge < -0.3 is 4.74 Å². The molecule has 3 aromatic rings. The van der Waals surface area contributed by atoms with Crippen molar-refractivity contribution >= 4 is 44.1 Å². The van der Waals surface area contributed by atoms with Crippen molar-refractivity contribution in [3.8, 4) is 11.4 Å². The standard InChI is InChI=1S/C14H8ClN3O4S/c1-22-14(19)8-4-2-7(3-5-8)12-16-11(15)9-6-10(18(20)21)23-13(9)17-12/h2-6H,1H3. The first-order chi connectivity index (χ1) is 11.0. The molecule has 2 heterocycles. The van der Waals surface area contributed by atoms with Gasteiger partial charge in [0.1, 0.15) is 9.98 Å². The van der Waals surface area contributed by atoms with Crippen LogP contribution >= 0.6 is 22.9 Å². The maximum absolute atomic E-state index is 11.4. The Kier molecular flexibility index (Phi) is 3.93. The Morgan fingerprint density at radius 1 is 1.30 bits per heavy atom. The molecular weight excluding hydrogens is 342 g/mol. The van der Waals surface area contributed by atoms with E-state index in [9.17, 15) is 14.9 Å². The van der Waals surface area contributed by atoms with Crippen molar-refractivity contribution in [1.29, 1.82) is 0 Å². The number of thiophene rings is 1. The number of hydrogen-bond donors (Lipinski definition) is 0. The van der Waals surface area contributed by atoms with Crippen LogP contribution in [0, 0.1) is 10.1 Å². The summed E-state index contributed by atoms with van der Waals surface area (Å²) in [7, 11) is 1.30. The quantitative estimate of drug-likeness (QED) is 0.309. The van der Waals surface area contributed by atoms with Gasteiger partial charge in [-0.3, -0.25) is 10.1 Å². The number of fused-ring (bicyclic) bond motifs is 1. The molecule has 9 heteroatoms. The Hall–Kier alpha value is -2.58. The summed E-state index contributed by atoms with van der Waals surface area (Å²) >= 11 is 7.02. The van der Waals surface area contributed by atoms with Crippen LogP contribution in [0.15, 0.2) is 30.3 Å². The lowest BCUT2D eigenvalue weighted by atomic mass is 10.1. The van der Waals surface area contributed by atoms with E-state index in [1.54, 1.807) is 24.3 Å².